The summed E-state index contributed by atoms with van der Waals surface area (Å²) in [7, 11) is 0. The fraction of sp³-hybridized carbons (Fsp3) is 0.393. The minimum Gasteiger partial charge on any atom is -0.493 e. The van der Waals surface area contributed by atoms with E-state index in [1.807, 2.05) is 26.2 Å². The summed E-state index contributed by atoms with van der Waals surface area (Å²) in [6.07, 6.45) is 9.32. The summed E-state index contributed by atoms with van der Waals surface area (Å²) in [6, 6.07) is 10.8. The summed E-state index contributed by atoms with van der Waals surface area (Å²) in [6.45, 7) is 8.71. The number of hydrogen-bond acceptors (Lipinski definition) is 3. The van der Waals surface area contributed by atoms with Gasteiger partial charge in [-0.2, -0.15) is 0 Å². The van der Waals surface area contributed by atoms with Crippen LogP contribution in [0.1, 0.15) is 62.6 Å². The molecule has 1 amide bonds. The van der Waals surface area contributed by atoms with E-state index in [1.54, 1.807) is 6.08 Å². The van der Waals surface area contributed by atoms with E-state index >= 15 is 0 Å². The fourth-order valence-corrected chi connectivity index (χ4v) is 4.73. The van der Waals surface area contributed by atoms with Crippen molar-refractivity contribution in [1.29, 1.82) is 0 Å². The van der Waals surface area contributed by atoms with Crippen molar-refractivity contribution in [3.05, 3.63) is 59.4 Å². The Kier molecular flexibility index (Phi) is 6.69. The molecule has 4 heteroatoms. The Bertz CT molecular complexity index is 1150. The van der Waals surface area contributed by atoms with Crippen LogP contribution in [0.5, 0.6) is 5.75 Å². The zero-order valence-electron chi connectivity index (χ0n) is 19.6. The van der Waals surface area contributed by atoms with Crippen LogP contribution < -0.4 is 10.1 Å². The molecule has 32 heavy (non-hydrogen) atoms. The third-order valence-electron chi connectivity index (χ3n) is 6.37. The van der Waals surface area contributed by atoms with Gasteiger partial charge in [0.2, 0.25) is 5.91 Å². The molecule has 1 N–H and O–H groups in total. The number of allylic oxidation sites excluding steroid dienone is 1. The number of ether oxygens (including phenoxy) is 1. The average molecular weight is 432 g/mol. The van der Waals surface area contributed by atoms with Crippen molar-refractivity contribution in [3.8, 4) is 16.9 Å². The number of carbonyl (C=O) groups excluding carboxylic acids is 1. The zero-order chi connectivity index (χ0) is 22.7. The monoisotopic (exact) mass is 431 g/mol. The zero-order valence-corrected chi connectivity index (χ0v) is 19.6. The van der Waals surface area contributed by atoms with Crippen molar-refractivity contribution >= 4 is 22.4 Å². The maximum absolute atomic E-state index is 12.7. The molecule has 4 rings (SSSR count). The van der Waals surface area contributed by atoms with Crippen LogP contribution in [0.3, 0.4) is 0 Å². The first-order chi connectivity index (χ1) is 15.5. The topological polar surface area (TPSA) is 51.5 Å². The van der Waals surface area contributed by atoms with E-state index in [1.165, 1.54) is 30.4 Å². The van der Waals surface area contributed by atoms with Gasteiger partial charge in [0.05, 0.1) is 12.9 Å². The van der Waals surface area contributed by atoms with Crippen molar-refractivity contribution in [3.63, 3.8) is 0 Å². The van der Waals surface area contributed by atoms with E-state index < -0.39 is 0 Å². The molecule has 2 aromatic carbocycles. The van der Waals surface area contributed by atoms with Gasteiger partial charge in [-0.05, 0) is 63.3 Å². The molecule has 3 aromatic rings. The first kappa shape index (κ1) is 22.2. The summed E-state index contributed by atoms with van der Waals surface area (Å²) in [5.41, 5.74) is 7.25. The molecular formula is C28H33NO3. The van der Waals surface area contributed by atoms with Crippen LogP contribution in [0.2, 0.25) is 0 Å². The summed E-state index contributed by atoms with van der Waals surface area (Å²) in [5, 5.41) is 4.20. The highest BCUT2D eigenvalue weighted by atomic mass is 16.5. The first-order valence-corrected chi connectivity index (χ1v) is 11.7. The van der Waals surface area contributed by atoms with Crippen molar-refractivity contribution < 1.29 is 13.9 Å². The highest BCUT2D eigenvalue weighted by molar-refractivity contribution is 6.00. The predicted molar refractivity (Wildman–Crippen MR) is 131 cm³/mol. The Hall–Kier alpha value is -3.01. The van der Waals surface area contributed by atoms with E-state index in [2.05, 4.69) is 43.4 Å². The van der Waals surface area contributed by atoms with Crippen LogP contribution in [-0.2, 0) is 4.79 Å². The Morgan fingerprint density at radius 1 is 1.12 bits per heavy atom. The van der Waals surface area contributed by atoms with Gasteiger partial charge in [0, 0.05) is 34.7 Å². The van der Waals surface area contributed by atoms with Crippen LogP contribution in [0.25, 0.3) is 27.7 Å². The molecule has 0 unspecified atom stereocenters. The van der Waals surface area contributed by atoms with Crippen LogP contribution in [-0.4, -0.2) is 18.6 Å². The van der Waals surface area contributed by atoms with Gasteiger partial charge in [0.15, 0.2) is 0 Å². The number of rotatable bonds is 6. The van der Waals surface area contributed by atoms with Crippen LogP contribution in [0.4, 0.5) is 0 Å². The van der Waals surface area contributed by atoms with Crippen LogP contribution in [0, 0.1) is 13.8 Å². The predicted octanol–water partition coefficient (Wildman–Crippen LogP) is 6.97. The second kappa shape index (κ2) is 9.64. The summed E-state index contributed by atoms with van der Waals surface area (Å²) in [5.74, 6) is 0.708. The molecule has 1 aliphatic rings. The maximum atomic E-state index is 12.7. The highest BCUT2D eigenvalue weighted by Crippen LogP contribution is 2.38. The van der Waals surface area contributed by atoms with Crippen molar-refractivity contribution in [1.82, 2.24) is 5.32 Å². The van der Waals surface area contributed by atoms with Crippen LogP contribution >= 0.6 is 0 Å². The number of carbonyl (C=O) groups is 1. The van der Waals surface area contributed by atoms with E-state index in [0.29, 0.717) is 12.6 Å². The molecule has 168 valence electrons. The minimum absolute atomic E-state index is 0.0289. The quantitative estimate of drug-likeness (QED) is 0.429. The Balaban J connectivity index is 1.71. The number of fused-ring (bicyclic) bond motifs is 1. The van der Waals surface area contributed by atoms with Gasteiger partial charge >= 0.3 is 0 Å². The van der Waals surface area contributed by atoms with Crippen molar-refractivity contribution in [2.45, 2.75) is 65.8 Å². The van der Waals surface area contributed by atoms with Gasteiger partial charge in [-0.15, -0.1) is 0 Å². The summed E-state index contributed by atoms with van der Waals surface area (Å²) < 4.78 is 11.8. The molecular weight excluding hydrogens is 398 g/mol. The lowest BCUT2D eigenvalue weighted by atomic mass is 9.95. The largest absolute Gasteiger partial charge is 0.493 e. The van der Waals surface area contributed by atoms with E-state index in [0.717, 1.165) is 51.8 Å². The normalized spacial score (nSPS) is 15.2. The fourth-order valence-electron chi connectivity index (χ4n) is 4.73. The molecule has 1 heterocycles. The summed E-state index contributed by atoms with van der Waals surface area (Å²) >= 11 is 0. The average Bonchev–Trinajstić information content (AvgIpc) is 3.16. The third kappa shape index (κ3) is 4.74. The second-order valence-electron chi connectivity index (χ2n) is 8.92. The number of aryl methyl sites for hydroxylation is 2. The molecule has 0 spiro atoms. The molecule has 1 aromatic heterocycles. The first-order valence-electron chi connectivity index (χ1n) is 11.7. The van der Waals surface area contributed by atoms with E-state index in [4.69, 9.17) is 9.15 Å². The molecule has 1 saturated carbocycles. The number of hydrogen-bond donors (Lipinski definition) is 1. The van der Waals surface area contributed by atoms with Gasteiger partial charge in [-0.25, -0.2) is 0 Å². The molecule has 1 fully saturated rings. The van der Waals surface area contributed by atoms with Crippen molar-refractivity contribution in [2.24, 2.45) is 0 Å². The SMILES string of the molecule is CCOc1cc2occ(-c3ccc(C)cc3C)c2cc1/C(C)=C/C(=O)NC1CCCCC1. The molecule has 0 saturated heterocycles. The Morgan fingerprint density at radius 2 is 1.91 bits per heavy atom. The lowest BCUT2D eigenvalue weighted by molar-refractivity contribution is -0.117. The molecule has 0 radical (unpaired) electrons. The standard InChI is InChI=1S/C28H33NO3/c1-5-31-26-16-27-24(25(17-32-27)22-12-11-18(2)13-19(22)3)15-23(26)20(4)14-28(30)29-21-9-7-6-8-10-21/h11-17,21H,5-10H2,1-4H3,(H,29,30)/b20-14+. The number of amides is 1. The third-order valence-corrected chi connectivity index (χ3v) is 6.37. The minimum atomic E-state index is -0.0289. The lowest BCUT2D eigenvalue weighted by Crippen LogP contribution is -2.35. The lowest BCUT2D eigenvalue weighted by Gasteiger charge is -2.22. The molecule has 1 aliphatic carbocycles. The van der Waals surface area contributed by atoms with E-state index in [9.17, 15) is 4.79 Å². The molecule has 4 nitrogen and oxygen atoms in total. The second-order valence-corrected chi connectivity index (χ2v) is 8.92. The Labute approximate surface area is 190 Å². The Morgan fingerprint density at radius 3 is 2.62 bits per heavy atom. The number of nitrogens with one attached hydrogen (secondary N) is 1. The maximum Gasteiger partial charge on any atom is 0.244 e. The smallest absolute Gasteiger partial charge is 0.244 e. The molecule has 0 atom stereocenters. The molecule has 0 bridgehead atoms. The summed E-state index contributed by atoms with van der Waals surface area (Å²) in [4.78, 5) is 12.7. The van der Waals surface area contributed by atoms with Gasteiger partial charge in [0.1, 0.15) is 11.3 Å². The number of furan rings is 1. The van der Waals surface area contributed by atoms with Gasteiger partial charge in [0.25, 0.3) is 0 Å². The van der Waals surface area contributed by atoms with Gasteiger partial charge in [-0.1, -0.05) is 43.0 Å². The highest BCUT2D eigenvalue weighted by Gasteiger charge is 2.18. The molecule has 0 aliphatic heterocycles. The number of benzene rings is 2. The van der Waals surface area contributed by atoms with Crippen molar-refractivity contribution in [2.75, 3.05) is 6.61 Å². The van der Waals surface area contributed by atoms with Gasteiger partial charge < -0.3 is 14.5 Å². The van der Waals surface area contributed by atoms with Gasteiger partial charge in [-0.3, -0.25) is 4.79 Å². The van der Waals surface area contributed by atoms with Crippen LogP contribution in [0.15, 0.2) is 47.1 Å². The van der Waals surface area contributed by atoms with E-state index in [-0.39, 0.29) is 5.91 Å².